The number of carbonyl (C=O) groups excluding carboxylic acids is 1. The van der Waals surface area contributed by atoms with E-state index < -0.39 is 0 Å². The lowest BCUT2D eigenvalue weighted by atomic mass is 10.1. The summed E-state index contributed by atoms with van der Waals surface area (Å²) in [5.74, 6) is -0.292. The molecule has 0 spiro atoms. The zero-order chi connectivity index (χ0) is 12.4. The van der Waals surface area contributed by atoms with E-state index in [2.05, 4.69) is 24.1 Å². The maximum atomic E-state index is 11.7. The smallest absolute Gasteiger partial charge is 0.340 e. The van der Waals surface area contributed by atoms with Crippen LogP contribution in [-0.2, 0) is 4.74 Å². The molecule has 92 valence electrons. The van der Waals surface area contributed by atoms with Crippen molar-refractivity contribution >= 4 is 17.3 Å². The Hall–Kier alpha value is -1.71. The highest BCUT2D eigenvalue weighted by molar-refractivity contribution is 5.99. The van der Waals surface area contributed by atoms with E-state index in [1.54, 1.807) is 6.07 Å². The molecule has 1 aliphatic heterocycles. The molecule has 0 unspecified atom stereocenters. The van der Waals surface area contributed by atoms with Crippen LogP contribution in [0.3, 0.4) is 0 Å². The Labute approximate surface area is 102 Å². The van der Waals surface area contributed by atoms with Gasteiger partial charge in [0.05, 0.1) is 24.0 Å². The Bertz CT molecular complexity index is 429. The van der Waals surface area contributed by atoms with Crippen LogP contribution in [0.15, 0.2) is 18.2 Å². The van der Waals surface area contributed by atoms with E-state index in [-0.39, 0.29) is 5.97 Å². The van der Waals surface area contributed by atoms with Gasteiger partial charge in [0.2, 0.25) is 0 Å². The summed E-state index contributed by atoms with van der Waals surface area (Å²) in [5, 5.41) is 3.29. The first-order valence-corrected chi connectivity index (χ1v) is 5.87. The molecule has 0 fully saturated rings. The number of anilines is 2. The number of ether oxygens (including phenoxy) is 1. The van der Waals surface area contributed by atoms with Crippen LogP contribution < -0.4 is 10.2 Å². The Morgan fingerprint density at radius 3 is 2.88 bits per heavy atom. The van der Waals surface area contributed by atoms with Crippen molar-refractivity contribution in [1.82, 2.24) is 0 Å². The quantitative estimate of drug-likeness (QED) is 0.796. The lowest BCUT2D eigenvalue weighted by Gasteiger charge is -2.35. The molecular weight excluding hydrogens is 216 g/mol. The molecule has 0 saturated heterocycles. The Balaban J connectivity index is 2.47. The Kier molecular flexibility index (Phi) is 3.22. The lowest BCUT2D eigenvalue weighted by Crippen LogP contribution is -2.39. The van der Waals surface area contributed by atoms with Crippen LogP contribution in [0, 0.1) is 0 Å². The Morgan fingerprint density at radius 1 is 1.47 bits per heavy atom. The Morgan fingerprint density at radius 2 is 2.24 bits per heavy atom. The van der Waals surface area contributed by atoms with E-state index in [0.717, 1.165) is 24.5 Å². The normalized spacial score (nSPS) is 14.2. The lowest BCUT2D eigenvalue weighted by molar-refractivity contribution is 0.0602. The largest absolute Gasteiger partial charge is 0.465 e. The maximum absolute atomic E-state index is 11.7. The number of rotatable bonds is 2. The number of carbonyl (C=O) groups is 1. The fourth-order valence-corrected chi connectivity index (χ4v) is 2.20. The number of hydrogen-bond acceptors (Lipinski definition) is 4. The van der Waals surface area contributed by atoms with Crippen LogP contribution in [0.4, 0.5) is 11.4 Å². The second kappa shape index (κ2) is 4.65. The number of para-hydroxylation sites is 1. The second-order valence-corrected chi connectivity index (χ2v) is 4.41. The standard InChI is InChI=1S/C13H18N2O2/c1-9(2)15-8-7-14-12-10(13(16)17-3)5-4-6-11(12)15/h4-6,9,14H,7-8H2,1-3H3. The van der Waals surface area contributed by atoms with Gasteiger partial charge in [-0.1, -0.05) is 6.07 Å². The minimum atomic E-state index is -0.292. The van der Waals surface area contributed by atoms with Gasteiger partial charge in [0, 0.05) is 19.1 Å². The van der Waals surface area contributed by atoms with Crippen LogP contribution in [0.2, 0.25) is 0 Å². The van der Waals surface area contributed by atoms with E-state index in [9.17, 15) is 4.79 Å². The van der Waals surface area contributed by atoms with Gasteiger partial charge in [0.1, 0.15) is 0 Å². The summed E-state index contributed by atoms with van der Waals surface area (Å²) in [6, 6.07) is 6.15. The van der Waals surface area contributed by atoms with Gasteiger partial charge >= 0.3 is 5.97 Å². The van der Waals surface area contributed by atoms with Gasteiger partial charge in [-0.05, 0) is 26.0 Å². The second-order valence-electron chi connectivity index (χ2n) is 4.41. The molecule has 1 N–H and O–H groups in total. The van der Waals surface area contributed by atoms with E-state index in [4.69, 9.17) is 4.74 Å². The molecule has 0 saturated carbocycles. The van der Waals surface area contributed by atoms with Gasteiger partial charge in [-0.3, -0.25) is 0 Å². The van der Waals surface area contributed by atoms with Gasteiger partial charge < -0.3 is 15.0 Å². The first kappa shape index (κ1) is 11.8. The highest BCUT2D eigenvalue weighted by atomic mass is 16.5. The van der Waals surface area contributed by atoms with Crippen LogP contribution in [0.25, 0.3) is 0 Å². The number of nitrogens with zero attached hydrogens (tertiary/aromatic N) is 1. The average molecular weight is 234 g/mol. The van der Waals surface area contributed by atoms with Crippen molar-refractivity contribution < 1.29 is 9.53 Å². The third-order valence-electron chi connectivity index (χ3n) is 3.04. The van der Waals surface area contributed by atoms with Gasteiger partial charge in [0.25, 0.3) is 0 Å². The molecule has 1 aromatic carbocycles. The average Bonchev–Trinajstić information content (AvgIpc) is 2.36. The molecule has 0 amide bonds. The van der Waals surface area contributed by atoms with Crippen LogP contribution in [0.1, 0.15) is 24.2 Å². The molecule has 0 atom stereocenters. The van der Waals surface area contributed by atoms with Crippen molar-refractivity contribution in [3.63, 3.8) is 0 Å². The van der Waals surface area contributed by atoms with Gasteiger partial charge in [-0.15, -0.1) is 0 Å². The molecule has 0 bridgehead atoms. The molecule has 4 nitrogen and oxygen atoms in total. The summed E-state index contributed by atoms with van der Waals surface area (Å²) in [5.41, 5.74) is 2.57. The predicted octanol–water partition coefficient (Wildman–Crippen LogP) is 2.11. The molecule has 2 rings (SSSR count). The highest BCUT2D eigenvalue weighted by Gasteiger charge is 2.23. The fourth-order valence-electron chi connectivity index (χ4n) is 2.20. The predicted molar refractivity (Wildman–Crippen MR) is 68.8 cm³/mol. The molecule has 1 aliphatic rings. The number of nitrogens with one attached hydrogen (secondary N) is 1. The van der Waals surface area contributed by atoms with Crippen molar-refractivity contribution in [2.45, 2.75) is 19.9 Å². The molecule has 1 aromatic rings. The van der Waals surface area contributed by atoms with Crippen molar-refractivity contribution in [3.05, 3.63) is 23.8 Å². The summed E-state index contributed by atoms with van der Waals surface area (Å²) in [7, 11) is 1.41. The number of fused-ring (bicyclic) bond motifs is 1. The molecule has 0 radical (unpaired) electrons. The zero-order valence-corrected chi connectivity index (χ0v) is 10.5. The topological polar surface area (TPSA) is 41.6 Å². The van der Waals surface area contributed by atoms with Crippen LogP contribution in [-0.4, -0.2) is 32.2 Å². The summed E-state index contributed by atoms with van der Waals surface area (Å²) in [6.07, 6.45) is 0. The maximum Gasteiger partial charge on any atom is 0.340 e. The molecular formula is C13H18N2O2. The van der Waals surface area contributed by atoms with Crippen molar-refractivity contribution in [2.24, 2.45) is 0 Å². The fraction of sp³-hybridized carbons (Fsp3) is 0.462. The number of methoxy groups -OCH3 is 1. The summed E-state index contributed by atoms with van der Waals surface area (Å²) in [4.78, 5) is 14.0. The van der Waals surface area contributed by atoms with E-state index in [0.29, 0.717) is 11.6 Å². The molecule has 1 heterocycles. The number of esters is 1. The SMILES string of the molecule is COC(=O)c1cccc2c1NCCN2C(C)C. The summed E-state index contributed by atoms with van der Waals surface area (Å²) in [6.45, 7) is 6.11. The van der Waals surface area contributed by atoms with Gasteiger partial charge in [-0.2, -0.15) is 0 Å². The third-order valence-corrected chi connectivity index (χ3v) is 3.04. The van der Waals surface area contributed by atoms with E-state index in [1.165, 1.54) is 7.11 Å². The van der Waals surface area contributed by atoms with E-state index in [1.807, 2.05) is 12.1 Å². The minimum absolute atomic E-state index is 0.292. The number of hydrogen-bond donors (Lipinski definition) is 1. The van der Waals surface area contributed by atoms with Gasteiger partial charge in [-0.25, -0.2) is 4.79 Å². The molecule has 0 aromatic heterocycles. The monoisotopic (exact) mass is 234 g/mol. The summed E-state index contributed by atoms with van der Waals surface area (Å²) >= 11 is 0. The van der Waals surface area contributed by atoms with Crippen LogP contribution >= 0.6 is 0 Å². The molecule has 0 aliphatic carbocycles. The molecule has 4 heteroatoms. The first-order chi connectivity index (χ1) is 8.15. The zero-order valence-electron chi connectivity index (χ0n) is 10.5. The van der Waals surface area contributed by atoms with Gasteiger partial charge in [0.15, 0.2) is 0 Å². The van der Waals surface area contributed by atoms with Crippen molar-refractivity contribution in [1.29, 1.82) is 0 Å². The van der Waals surface area contributed by atoms with E-state index >= 15 is 0 Å². The van der Waals surface area contributed by atoms with Crippen molar-refractivity contribution in [2.75, 3.05) is 30.4 Å². The highest BCUT2D eigenvalue weighted by Crippen LogP contribution is 2.33. The van der Waals surface area contributed by atoms with Crippen molar-refractivity contribution in [3.8, 4) is 0 Å². The number of benzene rings is 1. The molecule has 17 heavy (non-hydrogen) atoms. The first-order valence-electron chi connectivity index (χ1n) is 5.87. The summed E-state index contributed by atoms with van der Waals surface area (Å²) < 4.78 is 4.80. The minimum Gasteiger partial charge on any atom is -0.465 e. The third kappa shape index (κ3) is 2.07. The van der Waals surface area contributed by atoms with Crippen LogP contribution in [0.5, 0.6) is 0 Å².